The molecule has 1 heterocycles. The van der Waals surface area contributed by atoms with Gasteiger partial charge in [-0.05, 0) is 17.5 Å². The van der Waals surface area contributed by atoms with Gasteiger partial charge in [0.15, 0.2) is 0 Å². The van der Waals surface area contributed by atoms with E-state index in [-0.39, 0.29) is 5.82 Å². The van der Waals surface area contributed by atoms with Crippen molar-refractivity contribution in [1.29, 1.82) is 0 Å². The first kappa shape index (κ1) is 8.23. The molecule has 0 aliphatic carbocycles. The van der Waals surface area contributed by atoms with Crippen LogP contribution in [0, 0.1) is 5.82 Å². The Morgan fingerprint density at radius 2 is 2.15 bits per heavy atom. The molecule has 0 atom stereocenters. The van der Waals surface area contributed by atoms with Gasteiger partial charge in [-0.2, -0.15) is 5.10 Å². The number of nitrogens with one attached hydrogen (secondary N) is 1. The number of aromatic nitrogens is 2. The van der Waals surface area contributed by atoms with Crippen LogP contribution >= 0.6 is 0 Å². The molecule has 3 heteroatoms. The van der Waals surface area contributed by atoms with Crippen LogP contribution < -0.4 is 0 Å². The molecule has 0 bridgehead atoms. The van der Waals surface area contributed by atoms with Crippen LogP contribution in [0.25, 0.3) is 10.9 Å². The molecule has 0 aliphatic rings. The van der Waals surface area contributed by atoms with Crippen LogP contribution in [0.4, 0.5) is 4.39 Å². The molecule has 0 unspecified atom stereocenters. The van der Waals surface area contributed by atoms with Gasteiger partial charge >= 0.3 is 0 Å². The van der Waals surface area contributed by atoms with E-state index < -0.39 is 0 Å². The summed E-state index contributed by atoms with van der Waals surface area (Å²) in [5.74, 6) is 0.151. The third kappa shape index (κ3) is 1.20. The highest BCUT2D eigenvalue weighted by molar-refractivity contribution is 5.82. The van der Waals surface area contributed by atoms with Crippen molar-refractivity contribution < 1.29 is 4.39 Å². The van der Waals surface area contributed by atoms with E-state index >= 15 is 0 Å². The second kappa shape index (κ2) is 2.83. The molecule has 0 saturated heterocycles. The van der Waals surface area contributed by atoms with Crippen LogP contribution in [0.5, 0.6) is 0 Å². The maximum absolute atomic E-state index is 13.2. The summed E-state index contributed by atoms with van der Waals surface area (Å²) in [5, 5.41) is 7.38. The molecule has 13 heavy (non-hydrogen) atoms. The second-order valence-corrected chi connectivity index (χ2v) is 3.45. The van der Waals surface area contributed by atoms with Gasteiger partial charge in [-0.3, -0.25) is 5.10 Å². The second-order valence-electron chi connectivity index (χ2n) is 3.45. The van der Waals surface area contributed by atoms with E-state index in [0.717, 1.165) is 10.9 Å². The van der Waals surface area contributed by atoms with Crippen LogP contribution in [0.3, 0.4) is 0 Å². The third-order valence-electron chi connectivity index (χ3n) is 2.22. The number of rotatable bonds is 1. The van der Waals surface area contributed by atoms with Crippen molar-refractivity contribution in [3.63, 3.8) is 0 Å². The Bertz CT molecular complexity index is 431. The number of benzene rings is 1. The fourth-order valence-electron chi connectivity index (χ4n) is 1.53. The van der Waals surface area contributed by atoms with Crippen LogP contribution in [0.2, 0.25) is 0 Å². The Morgan fingerprint density at radius 3 is 2.85 bits per heavy atom. The topological polar surface area (TPSA) is 28.7 Å². The first-order valence-electron chi connectivity index (χ1n) is 4.31. The van der Waals surface area contributed by atoms with Crippen molar-refractivity contribution in [3.05, 3.63) is 29.7 Å². The molecule has 1 N–H and O–H groups in total. The summed E-state index contributed by atoms with van der Waals surface area (Å²) in [4.78, 5) is 0. The highest BCUT2D eigenvalue weighted by atomic mass is 19.1. The van der Waals surface area contributed by atoms with Gasteiger partial charge in [0.25, 0.3) is 0 Å². The Hall–Kier alpha value is -1.38. The van der Waals surface area contributed by atoms with E-state index in [1.807, 2.05) is 6.07 Å². The Kier molecular flexibility index (Phi) is 1.79. The average Bonchev–Trinajstić information content (AvgIpc) is 2.53. The fourth-order valence-corrected chi connectivity index (χ4v) is 1.53. The lowest BCUT2D eigenvalue weighted by molar-refractivity contribution is 0.635. The smallest absolute Gasteiger partial charge is 0.148 e. The highest BCUT2D eigenvalue weighted by Gasteiger charge is 2.09. The fraction of sp³-hybridized carbons (Fsp3) is 0.300. The van der Waals surface area contributed by atoms with Gasteiger partial charge in [0, 0.05) is 5.39 Å². The summed E-state index contributed by atoms with van der Waals surface area (Å²) < 4.78 is 13.2. The summed E-state index contributed by atoms with van der Waals surface area (Å²) in [6.45, 7) is 4.17. The summed E-state index contributed by atoms with van der Waals surface area (Å²) >= 11 is 0. The number of halogens is 1. The number of fused-ring (bicyclic) bond motifs is 1. The van der Waals surface area contributed by atoms with Crippen molar-refractivity contribution in [2.75, 3.05) is 0 Å². The van der Waals surface area contributed by atoms with Gasteiger partial charge < -0.3 is 0 Å². The summed E-state index contributed by atoms with van der Waals surface area (Å²) in [7, 11) is 0. The Labute approximate surface area is 75.8 Å². The van der Waals surface area contributed by atoms with E-state index in [1.54, 1.807) is 6.20 Å². The van der Waals surface area contributed by atoms with Gasteiger partial charge in [-0.25, -0.2) is 4.39 Å². The van der Waals surface area contributed by atoms with E-state index in [0.29, 0.717) is 11.4 Å². The zero-order valence-corrected chi connectivity index (χ0v) is 7.63. The lowest BCUT2D eigenvalue weighted by Gasteiger charge is -2.06. The molecule has 0 saturated carbocycles. The maximum Gasteiger partial charge on any atom is 0.148 e. The van der Waals surface area contributed by atoms with E-state index in [1.165, 1.54) is 6.07 Å². The molecule has 1 aromatic heterocycles. The van der Waals surface area contributed by atoms with Crippen molar-refractivity contribution >= 4 is 10.9 Å². The molecule has 0 aliphatic heterocycles. The van der Waals surface area contributed by atoms with Gasteiger partial charge in [0.1, 0.15) is 11.3 Å². The van der Waals surface area contributed by atoms with Crippen LogP contribution in [0.15, 0.2) is 18.3 Å². The van der Waals surface area contributed by atoms with Crippen LogP contribution in [0.1, 0.15) is 25.3 Å². The number of hydrogen-bond donors (Lipinski definition) is 1. The van der Waals surface area contributed by atoms with Gasteiger partial charge in [0.2, 0.25) is 0 Å². The van der Waals surface area contributed by atoms with Crippen LogP contribution in [-0.2, 0) is 0 Å². The summed E-state index contributed by atoms with van der Waals surface area (Å²) in [6.07, 6.45) is 1.67. The average molecular weight is 178 g/mol. The predicted molar refractivity (Wildman–Crippen MR) is 50.1 cm³/mol. The normalized spacial score (nSPS) is 11.4. The summed E-state index contributed by atoms with van der Waals surface area (Å²) in [6, 6.07) is 3.30. The van der Waals surface area contributed by atoms with Crippen molar-refractivity contribution in [2.24, 2.45) is 0 Å². The first-order valence-corrected chi connectivity index (χ1v) is 4.31. The van der Waals surface area contributed by atoms with E-state index in [4.69, 9.17) is 0 Å². The summed E-state index contributed by atoms with van der Waals surface area (Å²) in [5.41, 5.74) is 1.64. The molecular formula is C10H11FN2. The predicted octanol–water partition coefficient (Wildman–Crippen LogP) is 2.83. The Morgan fingerprint density at radius 1 is 1.38 bits per heavy atom. The molecular weight excluding hydrogens is 167 g/mol. The largest absolute Gasteiger partial charge is 0.275 e. The van der Waals surface area contributed by atoms with Crippen LogP contribution in [-0.4, -0.2) is 10.2 Å². The number of nitrogens with zero attached hydrogens (tertiary/aromatic N) is 1. The van der Waals surface area contributed by atoms with Crippen molar-refractivity contribution in [1.82, 2.24) is 10.2 Å². The minimum absolute atomic E-state index is 0.239. The van der Waals surface area contributed by atoms with Crippen molar-refractivity contribution in [3.8, 4) is 0 Å². The first-order chi connectivity index (χ1) is 6.20. The molecule has 1 aromatic carbocycles. The number of hydrogen-bond acceptors (Lipinski definition) is 1. The van der Waals surface area contributed by atoms with Gasteiger partial charge in [0.05, 0.1) is 6.20 Å². The molecule has 0 radical (unpaired) electrons. The molecule has 2 rings (SSSR count). The SMILES string of the molecule is CC(C)c1ccc(F)c2[nH]ncc12. The van der Waals surface area contributed by atoms with E-state index in [2.05, 4.69) is 24.0 Å². The monoisotopic (exact) mass is 178 g/mol. The molecule has 0 spiro atoms. The molecule has 0 amide bonds. The molecule has 68 valence electrons. The minimum atomic E-state index is -0.239. The van der Waals surface area contributed by atoms with E-state index in [9.17, 15) is 4.39 Å². The maximum atomic E-state index is 13.2. The molecule has 2 aromatic rings. The number of H-pyrrole nitrogens is 1. The minimum Gasteiger partial charge on any atom is -0.275 e. The zero-order chi connectivity index (χ0) is 9.42. The number of aromatic amines is 1. The lowest BCUT2D eigenvalue weighted by atomic mass is 9.99. The molecule has 2 nitrogen and oxygen atoms in total. The standard InChI is InChI=1S/C10H11FN2/c1-6(2)7-3-4-9(11)10-8(7)5-12-13-10/h3-6H,1-2H3,(H,12,13). The van der Waals surface area contributed by atoms with Gasteiger partial charge in [-0.15, -0.1) is 0 Å². The lowest BCUT2D eigenvalue weighted by Crippen LogP contribution is -1.89. The highest BCUT2D eigenvalue weighted by Crippen LogP contribution is 2.25. The van der Waals surface area contributed by atoms with Crippen molar-refractivity contribution in [2.45, 2.75) is 19.8 Å². The zero-order valence-electron chi connectivity index (χ0n) is 7.63. The Balaban J connectivity index is 2.78. The third-order valence-corrected chi connectivity index (χ3v) is 2.22. The molecule has 0 fully saturated rings. The quantitative estimate of drug-likeness (QED) is 0.714. The van der Waals surface area contributed by atoms with Gasteiger partial charge in [-0.1, -0.05) is 19.9 Å².